The maximum Gasteiger partial charge on any atom is 0.113 e. The van der Waals surface area contributed by atoms with Crippen molar-refractivity contribution >= 4 is 0 Å². The van der Waals surface area contributed by atoms with Gasteiger partial charge in [0.25, 0.3) is 0 Å². The molecule has 0 spiro atoms. The van der Waals surface area contributed by atoms with Gasteiger partial charge in [0.05, 0.1) is 0 Å². The molecule has 3 nitrogen and oxygen atoms in total. The number of aryl methyl sites for hydroxylation is 1. The molecule has 0 amide bonds. The van der Waals surface area contributed by atoms with Crippen molar-refractivity contribution in [3.8, 4) is 0 Å². The summed E-state index contributed by atoms with van der Waals surface area (Å²) in [6, 6.07) is 8.77. The maximum atomic E-state index is 4.56. The zero-order valence-corrected chi connectivity index (χ0v) is 10.7. The van der Waals surface area contributed by atoms with E-state index < -0.39 is 0 Å². The number of hydrogen-bond donors (Lipinski definition) is 2. The number of fused-ring (bicyclic) bond motifs is 1. The molecule has 1 aromatic heterocycles. The Hall–Kier alpha value is -1.61. The number of imidazole rings is 1. The monoisotopic (exact) mass is 241 g/mol. The third-order valence-electron chi connectivity index (χ3n) is 3.71. The van der Waals surface area contributed by atoms with Gasteiger partial charge >= 0.3 is 0 Å². The summed E-state index contributed by atoms with van der Waals surface area (Å²) in [5.74, 6) is 1.56. The molecule has 0 fully saturated rings. The quantitative estimate of drug-likeness (QED) is 0.867. The van der Waals surface area contributed by atoms with Crippen LogP contribution in [-0.2, 0) is 13.0 Å². The van der Waals surface area contributed by atoms with Gasteiger partial charge in [-0.15, -0.1) is 0 Å². The standard InChI is InChI=1S/C15H19N3/c1-16-9-12-10-17-15(18-12)14-8-4-6-11-5-2-3-7-13(11)14/h2-3,5,7,10,14,16H,4,6,8-9H2,1H3,(H,17,18). The molecule has 0 aliphatic heterocycles. The van der Waals surface area contributed by atoms with Gasteiger partial charge in [-0.3, -0.25) is 0 Å². The molecule has 2 N–H and O–H groups in total. The van der Waals surface area contributed by atoms with Crippen molar-refractivity contribution in [1.82, 2.24) is 15.3 Å². The molecular weight excluding hydrogens is 222 g/mol. The van der Waals surface area contributed by atoms with Crippen molar-refractivity contribution in [2.75, 3.05) is 7.05 Å². The molecule has 94 valence electrons. The highest BCUT2D eigenvalue weighted by molar-refractivity contribution is 5.36. The molecule has 0 saturated heterocycles. The van der Waals surface area contributed by atoms with Gasteiger partial charge in [0.1, 0.15) is 5.82 Å². The van der Waals surface area contributed by atoms with Crippen LogP contribution in [0.1, 0.15) is 41.4 Å². The minimum Gasteiger partial charge on any atom is -0.344 e. The number of rotatable bonds is 3. The van der Waals surface area contributed by atoms with Gasteiger partial charge in [-0.2, -0.15) is 0 Å². The zero-order chi connectivity index (χ0) is 12.4. The van der Waals surface area contributed by atoms with E-state index in [-0.39, 0.29) is 0 Å². The Morgan fingerprint density at radius 3 is 3.17 bits per heavy atom. The summed E-state index contributed by atoms with van der Waals surface area (Å²) in [6.45, 7) is 0.849. The summed E-state index contributed by atoms with van der Waals surface area (Å²) in [5, 5.41) is 3.15. The van der Waals surface area contributed by atoms with Gasteiger partial charge < -0.3 is 10.3 Å². The molecule has 1 heterocycles. The van der Waals surface area contributed by atoms with E-state index in [4.69, 9.17) is 0 Å². The molecule has 3 rings (SSSR count). The van der Waals surface area contributed by atoms with Crippen molar-refractivity contribution in [3.63, 3.8) is 0 Å². The van der Waals surface area contributed by atoms with Crippen LogP contribution < -0.4 is 5.32 Å². The van der Waals surface area contributed by atoms with Crippen molar-refractivity contribution in [2.45, 2.75) is 31.7 Å². The third-order valence-corrected chi connectivity index (χ3v) is 3.71. The fraction of sp³-hybridized carbons (Fsp3) is 0.400. The first-order chi connectivity index (χ1) is 8.88. The first kappa shape index (κ1) is 11.5. The van der Waals surface area contributed by atoms with Gasteiger partial charge in [-0.25, -0.2) is 4.98 Å². The summed E-state index contributed by atoms with van der Waals surface area (Å²) >= 11 is 0. The van der Waals surface area contributed by atoms with E-state index in [0.717, 1.165) is 18.1 Å². The van der Waals surface area contributed by atoms with E-state index in [9.17, 15) is 0 Å². The lowest BCUT2D eigenvalue weighted by Gasteiger charge is -2.23. The average molecular weight is 241 g/mol. The normalized spacial score (nSPS) is 18.6. The van der Waals surface area contributed by atoms with E-state index >= 15 is 0 Å². The molecule has 2 aromatic rings. The molecule has 0 saturated carbocycles. The molecule has 1 aliphatic carbocycles. The minimum atomic E-state index is 0.445. The maximum absolute atomic E-state index is 4.56. The number of H-pyrrole nitrogens is 1. The van der Waals surface area contributed by atoms with Gasteiger partial charge in [-0.1, -0.05) is 24.3 Å². The Bertz CT molecular complexity index is 530. The predicted octanol–water partition coefficient (Wildman–Crippen LogP) is 2.60. The molecule has 1 aromatic carbocycles. The minimum absolute atomic E-state index is 0.445. The second-order valence-electron chi connectivity index (χ2n) is 4.97. The second kappa shape index (κ2) is 4.94. The first-order valence-electron chi connectivity index (χ1n) is 6.64. The molecule has 3 heteroatoms. The van der Waals surface area contributed by atoms with Gasteiger partial charge in [0.15, 0.2) is 0 Å². The zero-order valence-electron chi connectivity index (χ0n) is 10.7. The van der Waals surface area contributed by atoms with Crippen LogP contribution in [0.25, 0.3) is 0 Å². The highest BCUT2D eigenvalue weighted by Gasteiger charge is 2.23. The fourth-order valence-corrected chi connectivity index (χ4v) is 2.87. The first-order valence-corrected chi connectivity index (χ1v) is 6.64. The Kier molecular flexibility index (Phi) is 3.15. The summed E-state index contributed by atoms with van der Waals surface area (Å²) in [7, 11) is 1.95. The van der Waals surface area contributed by atoms with Gasteiger partial charge in [0, 0.05) is 24.4 Å². The molecule has 1 atom stereocenters. The van der Waals surface area contributed by atoms with Crippen LogP contribution >= 0.6 is 0 Å². The van der Waals surface area contributed by atoms with Crippen molar-refractivity contribution in [1.29, 1.82) is 0 Å². The lowest BCUT2D eigenvalue weighted by molar-refractivity contribution is 0.593. The van der Waals surface area contributed by atoms with Gasteiger partial charge in [-0.05, 0) is 37.4 Å². The number of nitrogens with one attached hydrogen (secondary N) is 2. The third kappa shape index (κ3) is 2.06. The number of benzene rings is 1. The number of aromatic amines is 1. The summed E-state index contributed by atoms with van der Waals surface area (Å²) in [5.41, 5.74) is 4.10. The highest BCUT2D eigenvalue weighted by atomic mass is 15.0. The summed E-state index contributed by atoms with van der Waals surface area (Å²) in [4.78, 5) is 8.01. The Morgan fingerprint density at radius 2 is 2.28 bits per heavy atom. The highest BCUT2D eigenvalue weighted by Crippen LogP contribution is 2.34. The topological polar surface area (TPSA) is 40.7 Å². The van der Waals surface area contributed by atoms with Crippen LogP contribution in [-0.4, -0.2) is 17.0 Å². The molecule has 0 bridgehead atoms. The second-order valence-corrected chi connectivity index (χ2v) is 4.97. The van der Waals surface area contributed by atoms with Crippen molar-refractivity contribution in [2.24, 2.45) is 0 Å². The van der Waals surface area contributed by atoms with Crippen LogP contribution in [0, 0.1) is 0 Å². The lowest BCUT2D eigenvalue weighted by Crippen LogP contribution is -2.12. The molecular formula is C15H19N3. The van der Waals surface area contributed by atoms with E-state index in [1.807, 2.05) is 13.2 Å². The van der Waals surface area contributed by atoms with Crippen LogP contribution in [0.3, 0.4) is 0 Å². The van der Waals surface area contributed by atoms with Gasteiger partial charge in [0.2, 0.25) is 0 Å². The molecule has 1 aliphatic rings. The Morgan fingerprint density at radius 1 is 1.39 bits per heavy atom. The van der Waals surface area contributed by atoms with Crippen molar-refractivity contribution in [3.05, 3.63) is 53.1 Å². The summed E-state index contributed by atoms with van der Waals surface area (Å²) < 4.78 is 0. The lowest BCUT2D eigenvalue weighted by atomic mass is 9.82. The van der Waals surface area contributed by atoms with E-state index in [1.165, 1.54) is 30.4 Å². The van der Waals surface area contributed by atoms with Crippen LogP contribution in [0.4, 0.5) is 0 Å². The molecule has 0 radical (unpaired) electrons. The largest absolute Gasteiger partial charge is 0.344 e. The summed E-state index contributed by atoms with van der Waals surface area (Å²) in [6.07, 6.45) is 5.60. The smallest absolute Gasteiger partial charge is 0.113 e. The van der Waals surface area contributed by atoms with E-state index in [1.54, 1.807) is 0 Å². The predicted molar refractivity (Wildman–Crippen MR) is 72.6 cm³/mol. The molecule has 18 heavy (non-hydrogen) atoms. The van der Waals surface area contributed by atoms with Crippen LogP contribution in [0.2, 0.25) is 0 Å². The SMILES string of the molecule is CNCc1cnc(C2CCCc3ccccc32)[nH]1. The number of hydrogen-bond acceptors (Lipinski definition) is 2. The van der Waals surface area contributed by atoms with E-state index in [2.05, 4.69) is 39.6 Å². The Balaban J connectivity index is 1.92. The van der Waals surface area contributed by atoms with E-state index in [0.29, 0.717) is 5.92 Å². The van der Waals surface area contributed by atoms with Crippen LogP contribution in [0.5, 0.6) is 0 Å². The Labute approximate surface area is 108 Å². The van der Waals surface area contributed by atoms with Crippen LogP contribution in [0.15, 0.2) is 30.5 Å². The molecule has 1 unspecified atom stereocenters. The fourth-order valence-electron chi connectivity index (χ4n) is 2.87. The number of aromatic nitrogens is 2. The number of nitrogens with zero attached hydrogens (tertiary/aromatic N) is 1. The average Bonchev–Trinajstić information content (AvgIpc) is 2.87. The van der Waals surface area contributed by atoms with Crippen molar-refractivity contribution < 1.29 is 0 Å².